The summed E-state index contributed by atoms with van der Waals surface area (Å²) >= 11 is 0. The zero-order valence-electron chi connectivity index (χ0n) is 9.69. The van der Waals surface area contributed by atoms with Crippen molar-refractivity contribution in [2.75, 3.05) is 4.72 Å². The summed E-state index contributed by atoms with van der Waals surface area (Å²) in [6.45, 7) is -0.632. The Balaban J connectivity index is 2.44. The first-order valence-electron chi connectivity index (χ1n) is 5.15. The molecule has 0 amide bonds. The summed E-state index contributed by atoms with van der Waals surface area (Å²) < 4.78 is 64.9. The van der Waals surface area contributed by atoms with E-state index in [1.165, 1.54) is 0 Å². The third-order valence-corrected chi connectivity index (χ3v) is 3.73. The molecule has 0 radical (unpaired) electrons. The molecule has 0 aliphatic carbocycles. The number of aliphatic hydroxyl groups is 1. The van der Waals surface area contributed by atoms with E-state index >= 15 is 0 Å². The third kappa shape index (κ3) is 2.60. The molecule has 6 nitrogen and oxygen atoms in total. The van der Waals surface area contributed by atoms with Crippen LogP contribution in [0.15, 0.2) is 23.4 Å². The van der Waals surface area contributed by atoms with Crippen LogP contribution in [0.1, 0.15) is 5.56 Å². The van der Waals surface area contributed by atoms with Crippen molar-refractivity contribution in [1.82, 2.24) is 10.2 Å². The molecule has 0 aliphatic rings. The van der Waals surface area contributed by atoms with Crippen molar-refractivity contribution in [2.24, 2.45) is 0 Å². The number of anilines is 1. The summed E-state index contributed by atoms with van der Waals surface area (Å²) in [6, 6.07) is 0.771. The van der Waals surface area contributed by atoms with Gasteiger partial charge >= 0.3 is 0 Å². The minimum absolute atomic E-state index is 0.0743. The number of H-pyrrole nitrogens is 1. The van der Waals surface area contributed by atoms with Gasteiger partial charge in [0.1, 0.15) is 5.82 Å². The molecule has 0 spiro atoms. The number of aromatic amines is 1. The highest BCUT2D eigenvalue weighted by Crippen LogP contribution is 2.23. The number of hydrogen-bond donors (Lipinski definition) is 3. The Morgan fingerprint density at radius 2 is 2.00 bits per heavy atom. The molecule has 2 rings (SSSR count). The number of hydrogen-bond acceptors (Lipinski definition) is 4. The summed E-state index contributed by atoms with van der Waals surface area (Å²) in [7, 11) is -4.37. The lowest BCUT2D eigenvalue weighted by Crippen LogP contribution is -2.16. The fourth-order valence-electron chi connectivity index (χ4n) is 1.47. The van der Waals surface area contributed by atoms with Crippen molar-refractivity contribution >= 4 is 15.7 Å². The van der Waals surface area contributed by atoms with E-state index in [1.54, 1.807) is 4.72 Å². The number of nitrogens with one attached hydrogen (secondary N) is 2. The minimum atomic E-state index is -4.37. The Bertz CT molecular complexity index is 745. The standard InChI is InChI=1S/C10H8F3N3O3S/c11-6-1-7(12)9(13)8(2-6)16-20(18,19)10-5(4-17)3-14-15-10/h1-3,16-17H,4H2,(H,14,15). The molecule has 0 unspecified atom stereocenters. The molecule has 10 heteroatoms. The second kappa shape index (κ2) is 5.13. The highest BCUT2D eigenvalue weighted by molar-refractivity contribution is 7.92. The van der Waals surface area contributed by atoms with Crippen LogP contribution in [0.5, 0.6) is 0 Å². The molecule has 0 fully saturated rings. The number of aliphatic hydroxyl groups excluding tert-OH is 1. The Morgan fingerprint density at radius 3 is 2.65 bits per heavy atom. The molecule has 108 valence electrons. The van der Waals surface area contributed by atoms with E-state index in [-0.39, 0.29) is 11.6 Å². The predicted octanol–water partition coefficient (Wildman–Crippen LogP) is 1.12. The number of rotatable bonds is 4. The summed E-state index contributed by atoms with van der Waals surface area (Å²) in [5.41, 5.74) is -0.962. The smallest absolute Gasteiger partial charge is 0.279 e. The average Bonchev–Trinajstić information content (AvgIpc) is 2.84. The monoisotopic (exact) mass is 307 g/mol. The largest absolute Gasteiger partial charge is 0.392 e. The molecule has 20 heavy (non-hydrogen) atoms. The number of sulfonamides is 1. The fraction of sp³-hybridized carbons (Fsp3) is 0.100. The van der Waals surface area contributed by atoms with Crippen LogP contribution in [-0.4, -0.2) is 23.7 Å². The van der Waals surface area contributed by atoms with Gasteiger partial charge in [-0.25, -0.2) is 13.2 Å². The van der Waals surface area contributed by atoms with Crippen LogP contribution >= 0.6 is 0 Å². The first-order valence-corrected chi connectivity index (χ1v) is 6.64. The van der Waals surface area contributed by atoms with E-state index in [1.807, 2.05) is 0 Å². The van der Waals surface area contributed by atoms with Crippen molar-refractivity contribution in [2.45, 2.75) is 11.6 Å². The Morgan fingerprint density at radius 1 is 1.30 bits per heavy atom. The molecule has 0 atom stereocenters. The summed E-state index contributed by atoms with van der Waals surface area (Å²) in [5, 5.41) is 13.9. The molecule has 1 heterocycles. The molecule has 3 N–H and O–H groups in total. The Kier molecular flexibility index (Phi) is 3.68. The van der Waals surface area contributed by atoms with Gasteiger partial charge in [0.2, 0.25) is 0 Å². The maximum absolute atomic E-state index is 13.4. The van der Waals surface area contributed by atoms with Crippen molar-refractivity contribution in [3.05, 3.63) is 41.3 Å². The average molecular weight is 307 g/mol. The van der Waals surface area contributed by atoms with Crippen LogP contribution in [0, 0.1) is 17.5 Å². The van der Waals surface area contributed by atoms with Crippen LogP contribution in [0.4, 0.5) is 18.9 Å². The van der Waals surface area contributed by atoms with Crippen molar-refractivity contribution in [1.29, 1.82) is 0 Å². The topological polar surface area (TPSA) is 95.1 Å². The van der Waals surface area contributed by atoms with Gasteiger partial charge in [-0.2, -0.15) is 13.5 Å². The van der Waals surface area contributed by atoms with Crippen molar-refractivity contribution < 1.29 is 26.7 Å². The molecule has 0 aliphatic heterocycles. The van der Waals surface area contributed by atoms with E-state index in [4.69, 9.17) is 5.11 Å². The van der Waals surface area contributed by atoms with Gasteiger partial charge in [0.25, 0.3) is 10.0 Å². The Hall–Kier alpha value is -2.07. The molecule has 0 saturated carbocycles. The summed E-state index contributed by atoms with van der Waals surface area (Å²) in [5.74, 6) is -4.22. The van der Waals surface area contributed by atoms with Gasteiger partial charge in [-0.3, -0.25) is 9.82 Å². The highest BCUT2D eigenvalue weighted by atomic mass is 32.2. The van der Waals surface area contributed by atoms with E-state index in [0.29, 0.717) is 6.07 Å². The maximum Gasteiger partial charge on any atom is 0.279 e. The quantitative estimate of drug-likeness (QED) is 0.738. The van der Waals surface area contributed by atoms with Gasteiger partial charge < -0.3 is 5.11 Å². The molecule has 1 aromatic heterocycles. The fourth-order valence-corrected chi connectivity index (χ4v) is 2.65. The van der Waals surface area contributed by atoms with Crippen LogP contribution in [0.25, 0.3) is 0 Å². The number of nitrogens with zero attached hydrogens (tertiary/aromatic N) is 1. The minimum Gasteiger partial charge on any atom is -0.392 e. The SMILES string of the molecule is O=S(=O)(Nc1cc(F)cc(F)c1F)c1[nH]ncc1CO. The lowest BCUT2D eigenvalue weighted by molar-refractivity contribution is 0.278. The van der Waals surface area contributed by atoms with Gasteiger partial charge in [-0.1, -0.05) is 0 Å². The van der Waals surface area contributed by atoms with Crippen molar-refractivity contribution in [3.8, 4) is 0 Å². The van der Waals surface area contributed by atoms with Gasteiger partial charge in [0.05, 0.1) is 18.5 Å². The number of benzene rings is 1. The van der Waals surface area contributed by atoms with Crippen LogP contribution in [-0.2, 0) is 16.6 Å². The molecule has 2 aromatic rings. The van der Waals surface area contributed by atoms with Gasteiger partial charge in [0, 0.05) is 17.7 Å². The summed E-state index contributed by atoms with van der Waals surface area (Å²) in [4.78, 5) is 0. The van der Waals surface area contributed by atoms with E-state index in [9.17, 15) is 21.6 Å². The summed E-state index contributed by atoms with van der Waals surface area (Å²) in [6.07, 6.45) is 1.05. The van der Waals surface area contributed by atoms with Crippen LogP contribution in [0.3, 0.4) is 0 Å². The van der Waals surface area contributed by atoms with Crippen LogP contribution in [0.2, 0.25) is 0 Å². The maximum atomic E-state index is 13.4. The molecular weight excluding hydrogens is 299 g/mol. The number of aromatic nitrogens is 2. The van der Waals surface area contributed by atoms with Crippen molar-refractivity contribution in [3.63, 3.8) is 0 Å². The highest BCUT2D eigenvalue weighted by Gasteiger charge is 2.23. The molecule has 1 aromatic carbocycles. The van der Waals surface area contributed by atoms with Gasteiger partial charge in [0.15, 0.2) is 16.7 Å². The predicted molar refractivity (Wildman–Crippen MR) is 61.6 cm³/mol. The van der Waals surface area contributed by atoms with E-state index < -0.39 is 44.8 Å². The Labute approximate surface area is 111 Å². The first-order chi connectivity index (χ1) is 9.35. The zero-order chi connectivity index (χ0) is 14.9. The number of halogens is 3. The lowest BCUT2D eigenvalue weighted by Gasteiger charge is -2.09. The lowest BCUT2D eigenvalue weighted by atomic mass is 10.3. The first kappa shape index (κ1) is 14.3. The van der Waals surface area contributed by atoms with Gasteiger partial charge in [-0.05, 0) is 0 Å². The normalized spacial score (nSPS) is 11.6. The second-order valence-electron chi connectivity index (χ2n) is 3.74. The third-order valence-electron chi connectivity index (χ3n) is 2.35. The van der Waals surface area contributed by atoms with Crippen LogP contribution < -0.4 is 4.72 Å². The zero-order valence-corrected chi connectivity index (χ0v) is 10.5. The molecule has 0 bridgehead atoms. The van der Waals surface area contributed by atoms with E-state index in [2.05, 4.69) is 10.2 Å². The van der Waals surface area contributed by atoms with Gasteiger partial charge in [-0.15, -0.1) is 0 Å². The van der Waals surface area contributed by atoms with E-state index in [0.717, 1.165) is 6.20 Å². The molecule has 0 saturated heterocycles. The second-order valence-corrected chi connectivity index (χ2v) is 5.36. The molecular formula is C10H8F3N3O3S.